The summed E-state index contributed by atoms with van der Waals surface area (Å²) in [6.45, 7) is 2.04. The van der Waals surface area contributed by atoms with Gasteiger partial charge in [-0.3, -0.25) is 0 Å². The molecule has 0 amide bonds. The normalized spacial score (nSPS) is 11.4. The molecule has 0 bridgehead atoms. The van der Waals surface area contributed by atoms with E-state index in [0.717, 1.165) is 0 Å². The second-order valence-corrected chi connectivity index (χ2v) is 3.87. The zero-order chi connectivity index (χ0) is 11.9. The molecule has 0 unspecified atom stereocenters. The molecule has 0 aliphatic heterocycles. The molecule has 0 spiro atoms. The van der Waals surface area contributed by atoms with Crippen molar-refractivity contribution in [2.45, 2.75) is 6.92 Å². The highest BCUT2D eigenvalue weighted by Crippen LogP contribution is 2.14. The zero-order valence-corrected chi connectivity index (χ0v) is 10.0. The van der Waals surface area contributed by atoms with Gasteiger partial charge in [0, 0.05) is 0 Å². The maximum atomic E-state index is 2.16. The van der Waals surface area contributed by atoms with E-state index in [-0.39, 0.29) is 0 Å². The van der Waals surface area contributed by atoms with E-state index in [4.69, 9.17) is 0 Å². The smallest absolute Gasteiger partial charge is 0.0184 e. The first kappa shape index (κ1) is 11.4. The molecule has 84 valence electrons. The molecule has 0 saturated carbocycles. The van der Waals surface area contributed by atoms with Crippen LogP contribution in [0.3, 0.4) is 0 Å². The highest BCUT2D eigenvalue weighted by molar-refractivity contribution is 5.74. The fraction of sp³-hybridized carbons (Fsp3) is 0.0588. The van der Waals surface area contributed by atoms with E-state index in [1.165, 1.54) is 16.7 Å². The topological polar surface area (TPSA) is 0 Å². The summed E-state index contributed by atoms with van der Waals surface area (Å²) in [5.41, 5.74) is 3.72. The minimum absolute atomic E-state index is 1.22. The highest BCUT2D eigenvalue weighted by atomic mass is 14.0. The molecule has 17 heavy (non-hydrogen) atoms. The summed E-state index contributed by atoms with van der Waals surface area (Å²) < 4.78 is 0. The van der Waals surface area contributed by atoms with E-state index in [1.54, 1.807) is 0 Å². The third-order valence-electron chi connectivity index (χ3n) is 2.60. The van der Waals surface area contributed by atoms with E-state index < -0.39 is 0 Å². The van der Waals surface area contributed by atoms with Crippen LogP contribution in [0, 0.1) is 0 Å². The van der Waals surface area contributed by atoms with Crippen LogP contribution in [-0.4, -0.2) is 0 Å². The van der Waals surface area contributed by atoms with E-state index in [0.29, 0.717) is 0 Å². The largest absolute Gasteiger partial charge is 0.0870 e. The number of hydrogen-bond acceptors (Lipinski definition) is 0. The van der Waals surface area contributed by atoms with Crippen molar-refractivity contribution in [2.75, 3.05) is 0 Å². The molecule has 0 aliphatic rings. The lowest BCUT2D eigenvalue weighted by Crippen LogP contribution is -1.79. The van der Waals surface area contributed by atoms with Crippen molar-refractivity contribution in [2.24, 2.45) is 0 Å². The van der Waals surface area contributed by atoms with Gasteiger partial charge in [0.25, 0.3) is 0 Å². The molecule has 2 rings (SSSR count). The Labute approximate surface area is 103 Å². The standard InChI is InChI=1S/C17H16/c1-2-8-16-11-6-7-12-17(16)14-13-15-9-4-3-5-10-15/h2-14H,1H3. The third-order valence-corrected chi connectivity index (χ3v) is 2.60. The lowest BCUT2D eigenvalue weighted by molar-refractivity contribution is 1.60. The van der Waals surface area contributed by atoms with Gasteiger partial charge in [0.1, 0.15) is 0 Å². The van der Waals surface area contributed by atoms with Crippen LogP contribution >= 0.6 is 0 Å². The summed E-state index contributed by atoms with van der Waals surface area (Å²) in [6.07, 6.45) is 8.49. The Morgan fingerprint density at radius 2 is 1.24 bits per heavy atom. The average molecular weight is 220 g/mol. The molecule has 0 nitrogen and oxygen atoms in total. The number of benzene rings is 2. The second-order valence-electron chi connectivity index (χ2n) is 3.87. The van der Waals surface area contributed by atoms with Crippen LogP contribution in [0.4, 0.5) is 0 Å². The van der Waals surface area contributed by atoms with Gasteiger partial charge in [-0.1, -0.05) is 78.9 Å². The van der Waals surface area contributed by atoms with Gasteiger partial charge in [0.15, 0.2) is 0 Å². The van der Waals surface area contributed by atoms with Crippen molar-refractivity contribution in [1.82, 2.24) is 0 Å². The van der Waals surface area contributed by atoms with Crippen LogP contribution in [0.1, 0.15) is 23.6 Å². The van der Waals surface area contributed by atoms with Gasteiger partial charge >= 0.3 is 0 Å². The number of allylic oxidation sites excluding steroid dienone is 1. The van der Waals surface area contributed by atoms with E-state index >= 15 is 0 Å². The molecule has 0 atom stereocenters. The lowest BCUT2D eigenvalue weighted by Gasteiger charge is -2.00. The Hall–Kier alpha value is -2.08. The van der Waals surface area contributed by atoms with Crippen LogP contribution in [-0.2, 0) is 0 Å². The molecule has 0 radical (unpaired) electrons. The minimum atomic E-state index is 1.22. The average Bonchev–Trinajstić information content (AvgIpc) is 2.39. The lowest BCUT2D eigenvalue weighted by atomic mass is 10.1. The summed E-state index contributed by atoms with van der Waals surface area (Å²) in [5.74, 6) is 0. The Kier molecular flexibility index (Phi) is 3.93. The molecular formula is C17H16. The second kappa shape index (κ2) is 5.86. The molecular weight excluding hydrogens is 204 g/mol. The summed E-state index contributed by atoms with van der Waals surface area (Å²) >= 11 is 0. The molecule has 0 fully saturated rings. The van der Waals surface area contributed by atoms with E-state index in [9.17, 15) is 0 Å². The molecule has 0 N–H and O–H groups in total. The SMILES string of the molecule is CC=Cc1ccccc1C=Cc1ccccc1. The van der Waals surface area contributed by atoms with Crippen LogP contribution in [0.5, 0.6) is 0 Å². The molecule has 0 heterocycles. The van der Waals surface area contributed by atoms with Crippen molar-refractivity contribution in [3.8, 4) is 0 Å². The molecule has 0 saturated heterocycles. The summed E-state index contributed by atoms with van der Waals surface area (Å²) in [4.78, 5) is 0. The number of rotatable bonds is 3. The molecule has 0 aromatic heterocycles. The summed E-state index contributed by atoms with van der Waals surface area (Å²) in [6, 6.07) is 18.7. The van der Waals surface area contributed by atoms with Gasteiger partial charge in [0.2, 0.25) is 0 Å². The van der Waals surface area contributed by atoms with Crippen LogP contribution in [0.2, 0.25) is 0 Å². The maximum Gasteiger partial charge on any atom is -0.0184 e. The molecule has 0 aliphatic carbocycles. The predicted molar refractivity (Wildman–Crippen MR) is 76.5 cm³/mol. The van der Waals surface area contributed by atoms with Crippen molar-refractivity contribution >= 4 is 18.2 Å². The molecule has 2 aromatic rings. The summed E-state index contributed by atoms with van der Waals surface area (Å²) in [5, 5.41) is 0. The Balaban J connectivity index is 2.27. The van der Waals surface area contributed by atoms with Gasteiger partial charge < -0.3 is 0 Å². The fourth-order valence-electron chi connectivity index (χ4n) is 1.74. The Bertz CT molecular complexity index is 519. The van der Waals surface area contributed by atoms with E-state index in [1.807, 2.05) is 13.0 Å². The minimum Gasteiger partial charge on any atom is -0.0870 e. The third kappa shape index (κ3) is 3.18. The Morgan fingerprint density at radius 3 is 1.88 bits per heavy atom. The first-order chi connectivity index (χ1) is 8.40. The van der Waals surface area contributed by atoms with Gasteiger partial charge in [-0.25, -0.2) is 0 Å². The van der Waals surface area contributed by atoms with Gasteiger partial charge in [-0.15, -0.1) is 0 Å². The van der Waals surface area contributed by atoms with Crippen molar-refractivity contribution < 1.29 is 0 Å². The first-order valence-corrected chi connectivity index (χ1v) is 5.85. The number of hydrogen-bond donors (Lipinski definition) is 0. The molecule has 2 aromatic carbocycles. The zero-order valence-electron chi connectivity index (χ0n) is 10.0. The van der Waals surface area contributed by atoms with Gasteiger partial charge in [-0.05, 0) is 23.6 Å². The van der Waals surface area contributed by atoms with Gasteiger partial charge in [0.05, 0.1) is 0 Å². The molecule has 0 heteroatoms. The van der Waals surface area contributed by atoms with Crippen LogP contribution in [0.15, 0.2) is 60.7 Å². The quantitative estimate of drug-likeness (QED) is 0.646. The summed E-state index contributed by atoms with van der Waals surface area (Å²) in [7, 11) is 0. The van der Waals surface area contributed by atoms with Crippen LogP contribution < -0.4 is 0 Å². The predicted octanol–water partition coefficient (Wildman–Crippen LogP) is 4.89. The Morgan fingerprint density at radius 1 is 0.647 bits per heavy atom. The van der Waals surface area contributed by atoms with Gasteiger partial charge in [-0.2, -0.15) is 0 Å². The first-order valence-electron chi connectivity index (χ1n) is 5.85. The van der Waals surface area contributed by atoms with Crippen LogP contribution in [0.25, 0.3) is 18.2 Å². The van der Waals surface area contributed by atoms with Crippen molar-refractivity contribution in [1.29, 1.82) is 0 Å². The van der Waals surface area contributed by atoms with Crippen molar-refractivity contribution in [3.63, 3.8) is 0 Å². The van der Waals surface area contributed by atoms with Crippen molar-refractivity contribution in [3.05, 3.63) is 77.4 Å². The van der Waals surface area contributed by atoms with E-state index in [2.05, 4.69) is 72.8 Å². The highest BCUT2D eigenvalue weighted by Gasteiger charge is 1.93. The fourth-order valence-corrected chi connectivity index (χ4v) is 1.74. The maximum absolute atomic E-state index is 2.16. The monoisotopic (exact) mass is 220 g/mol.